The Morgan fingerprint density at radius 2 is 2.00 bits per heavy atom. The summed E-state index contributed by atoms with van der Waals surface area (Å²) in [6, 6.07) is 15.5. The summed E-state index contributed by atoms with van der Waals surface area (Å²) in [6.07, 6.45) is 4.98. The van der Waals surface area contributed by atoms with Crippen molar-refractivity contribution in [1.82, 2.24) is 14.8 Å². The Hall–Kier alpha value is -3.41. The van der Waals surface area contributed by atoms with Crippen LogP contribution in [0.2, 0.25) is 0 Å². The van der Waals surface area contributed by atoms with Crippen LogP contribution >= 0.6 is 0 Å². The van der Waals surface area contributed by atoms with Gasteiger partial charge in [0.2, 0.25) is 0 Å². The zero-order valence-corrected chi connectivity index (χ0v) is 13.0. The largest absolute Gasteiger partial charge is 0.463 e. The van der Waals surface area contributed by atoms with Crippen molar-refractivity contribution in [3.8, 4) is 5.69 Å². The molecule has 6 heteroatoms. The predicted octanol–water partition coefficient (Wildman–Crippen LogP) is 3.77. The summed E-state index contributed by atoms with van der Waals surface area (Å²) < 4.78 is 7.07. The third kappa shape index (κ3) is 2.54. The van der Waals surface area contributed by atoms with Crippen LogP contribution in [-0.2, 0) is 0 Å². The second kappa shape index (κ2) is 6.00. The summed E-state index contributed by atoms with van der Waals surface area (Å²) in [5.74, 6) is 0.685. The van der Waals surface area contributed by atoms with Gasteiger partial charge in [-0.15, -0.1) is 0 Å². The molecule has 0 radical (unpaired) electrons. The number of aryl methyl sites for hydroxylation is 1. The minimum absolute atomic E-state index is 0.685. The number of fused-ring (bicyclic) bond motifs is 1. The maximum absolute atomic E-state index is 5.23. The second-order valence-electron chi connectivity index (χ2n) is 5.28. The molecule has 0 spiro atoms. The zero-order chi connectivity index (χ0) is 16.4. The molecule has 0 aliphatic rings. The molecule has 1 aromatic carbocycles. The Bertz CT molecular complexity index is 987. The molecular weight excluding hydrogens is 302 g/mol. The number of hydrogen-bond acceptors (Lipinski definition) is 5. The van der Waals surface area contributed by atoms with Crippen molar-refractivity contribution in [1.29, 1.82) is 0 Å². The molecule has 0 bridgehead atoms. The van der Waals surface area contributed by atoms with Crippen molar-refractivity contribution >= 4 is 22.9 Å². The Balaban J connectivity index is 1.74. The fraction of sp³-hybridized carbons (Fsp3) is 0.0556. The molecule has 0 atom stereocenters. The van der Waals surface area contributed by atoms with E-state index in [9.17, 15) is 0 Å². The molecular formula is C18H15N5O. The Morgan fingerprint density at radius 3 is 2.79 bits per heavy atom. The number of anilines is 1. The Labute approximate surface area is 138 Å². The van der Waals surface area contributed by atoms with Crippen LogP contribution in [0.25, 0.3) is 16.7 Å². The van der Waals surface area contributed by atoms with Gasteiger partial charge in [-0.05, 0) is 37.3 Å². The summed E-state index contributed by atoms with van der Waals surface area (Å²) in [4.78, 5) is 4.49. The lowest BCUT2D eigenvalue weighted by Crippen LogP contribution is -1.97. The molecule has 4 rings (SSSR count). The number of nitrogens with zero attached hydrogens (tertiary/aromatic N) is 4. The van der Waals surface area contributed by atoms with Gasteiger partial charge in [-0.25, -0.2) is 9.67 Å². The molecule has 0 aliphatic heterocycles. The van der Waals surface area contributed by atoms with Gasteiger partial charge in [-0.2, -0.15) is 10.2 Å². The van der Waals surface area contributed by atoms with Crippen molar-refractivity contribution in [3.63, 3.8) is 0 Å². The molecule has 0 fully saturated rings. The van der Waals surface area contributed by atoms with Crippen LogP contribution in [0.4, 0.5) is 5.69 Å². The number of hydrazone groups is 1. The first-order valence-electron chi connectivity index (χ1n) is 7.55. The lowest BCUT2D eigenvalue weighted by atomic mass is 10.2. The van der Waals surface area contributed by atoms with E-state index in [0.717, 1.165) is 28.1 Å². The number of benzene rings is 1. The smallest absolute Gasteiger partial charge is 0.165 e. The summed E-state index contributed by atoms with van der Waals surface area (Å²) in [5, 5.41) is 9.79. The van der Waals surface area contributed by atoms with E-state index >= 15 is 0 Å². The monoisotopic (exact) mass is 317 g/mol. The maximum atomic E-state index is 5.23. The van der Waals surface area contributed by atoms with Gasteiger partial charge in [0.05, 0.1) is 34.9 Å². The lowest BCUT2D eigenvalue weighted by Gasteiger charge is -2.04. The Kier molecular flexibility index (Phi) is 3.55. The van der Waals surface area contributed by atoms with Crippen LogP contribution < -0.4 is 5.43 Å². The summed E-state index contributed by atoms with van der Waals surface area (Å²) in [6.45, 7) is 1.96. The van der Waals surface area contributed by atoms with Crippen molar-refractivity contribution < 1.29 is 4.42 Å². The van der Waals surface area contributed by atoms with E-state index in [1.165, 1.54) is 0 Å². The van der Waals surface area contributed by atoms with Crippen molar-refractivity contribution in [2.24, 2.45) is 5.10 Å². The predicted molar refractivity (Wildman–Crippen MR) is 93.5 cm³/mol. The molecule has 24 heavy (non-hydrogen) atoms. The fourth-order valence-corrected chi connectivity index (χ4v) is 2.59. The van der Waals surface area contributed by atoms with E-state index in [4.69, 9.17) is 4.42 Å². The van der Waals surface area contributed by atoms with E-state index in [1.807, 2.05) is 60.1 Å². The molecule has 0 saturated carbocycles. The van der Waals surface area contributed by atoms with Crippen molar-refractivity contribution in [2.75, 3.05) is 5.43 Å². The number of rotatable bonds is 4. The first kappa shape index (κ1) is 14.2. The van der Waals surface area contributed by atoms with E-state index in [2.05, 4.69) is 20.6 Å². The number of furan rings is 1. The minimum Gasteiger partial charge on any atom is -0.463 e. The van der Waals surface area contributed by atoms with Crippen molar-refractivity contribution in [3.05, 3.63) is 72.4 Å². The van der Waals surface area contributed by atoms with Gasteiger partial charge in [0.25, 0.3) is 0 Å². The molecule has 4 aromatic rings. The third-order valence-corrected chi connectivity index (χ3v) is 3.66. The standard InChI is InChI=1S/C18H15N5O/c1-13-17-16(21-20-12-15-8-5-11-24-15)9-10-19-18(17)23(22-13)14-6-3-2-4-7-14/h2-12H,1H3,(H,19,21)/b20-12+. The SMILES string of the molecule is Cc1nn(-c2ccccc2)c2nccc(N/N=C/c3ccco3)c12. The second-order valence-corrected chi connectivity index (χ2v) is 5.28. The maximum Gasteiger partial charge on any atom is 0.165 e. The normalized spacial score (nSPS) is 11.4. The van der Waals surface area contributed by atoms with Gasteiger partial charge in [0, 0.05) is 6.20 Å². The molecule has 0 unspecified atom stereocenters. The van der Waals surface area contributed by atoms with Gasteiger partial charge in [-0.1, -0.05) is 18.2 Å². The van der Waals surface area contributed by atoms with E-state index in [1.54, 1.807) is 18.7 Å². The van der Waals surface area contributed by atoms with Crippen LogP contribution in [0, 0.1) is 6.92 Å². The number of hydrogen-bond donors (Lipinski definition) is 1. The number of nitrogens with one attached hydrogen (secondary N) is 1. The molecule has 6 nitrogen and oxygen atoms in total. The highest BCUT2D eigenvalue weighted by Crippen LogP contribution is 2.26. The molecule has 1 N–H and O–H groups in total. The molecule has 0 aliphatic carbocycles. The molecule has 118 valence electrons. The first-order chi connectivity index (χ1) is 11.8. The minimum atomic E-state index is 0.685. The van der Waals surface area contributed by atoms with Gasteiger partial charge in [0.1, 0.15) is 5.76 Å². The summed E-state index contributed by atoms with van der Waals surface area (Å²) in [7, 11) is 0. The highest BCUT2D eigenvalue weighted by Gasteiger charge is 2.13. The van der Waals surface area contributed by atoms with E-state index < -0.39 is 0 Å². The molecule has 3 aromatic heterocycles. The van der Waals surface area contributed by atoms with Gasteiger partial charge in [0.15, 0.2) is 5.65 Å². The highest BCUT2D eigenvalue weighted by atomic mass is 16.3. The average molecular weight is 317 g/mol. The van der Waals surface area contributed by atoms with Crippen LogP contribution in [0.15, 0.2) is 70.5 Å². The van der Waals surface area contributed by atoms with Gasteiger partial charge in [-0.3, -0.25) is 5.43 Å². The number of pyridine rings is 1. The summed E-state index contributed by atoms with van der Waals surface area (Å²) >= 11 is 0. The lowest BCUT2D eigenvalue weighted by molar-refractivity contribution is 0.560. The van der Waals surface area contributed by atoms with Crippen LogP contribution in [0.5, 0.6) is 0 Å². The van der Waals surface area contributed by atoms with Crippen LogP contribution in [0.1, 0.15) is 11.5 Å². The third-order valence-electron chi connectivity index (χ3n) is 3.66. The van der Waals surface area contributed by atoms with Crippen molar-refractivity contribution in [2.45, 2.75) is 6.92 Å². The van der Waals surface area contributed by atoms with Gasteiger partial charge >= 0.3 is 0 Å². The number of aromatic nitrogens is 3. The average Bonchev–Trinajstić information content (AvgIpc) is 3.24. The van der Waals surface area contributed by atoms with Gasteiger partial charge < -0.3 is 4.42 Å². The van der Waals surface area contributed by atoms with Crippen LogP contribution in [0.3, 0.4) is 0 Å². The fourth-order valence-electron chi connectivity index (χ4n) is 2.59. The van der Waals surface area contributed by atoms with E-state index in [0.29, 0.717) is 5.76 Å². The quantitative estimate of drug-likeness (QED) is 0.459. The molecule has 0 saturated heterocycles. The zero-order valence-electron chi connectivity index (χ0n) is 13.0. The molecule has 3 heterocycles. The number of para-hydroxylation sites is 1. The summed E-state index contributed by atoms with van der Waals surface area (Å²) in [5.41, 5.74) is 6.54. The van der Waals surface area contributed by atoms with Crippen LogP contribution in [-0.4, -0.2) is 21.0 Å². The molecule has 0 amide bonds. The Morgan fingerprint density at radius 1 is 1.12 bits per heavy atom. The topological polar surface area (TPSA) is 68.2 Å². The highest BCUT2D eigenvalue weighted by molar-refractivity contribution is 5.92. The first-order valence-corrected chi connectivity index (χ1v) is 7.55. The van der Waals surface area contributed by atoms with E-state index in [-0.39, 0.29) is 0 Å².